The topological polar surface area (TPSA) is 88.3 Å². The zero-order valence-corrected chi connectivity index (χ0v) is 14.1. The number of nitrogens with one attached hydrogen (secondary N) is 2. The Morgan fingerprint density at radius 1 is 1.08 bits per heavy atom. The van der Waals surface area contributed by atoms with E-state index in [4.69, 9.17) is 16.3 Å². The van der Waals surface area contributed by atoms with E-state index in [1.165, 1.54) is 31.4 Å². The van der Waals surface area contributed by atoms with Crippen LogP contribution in [0.15, 0.2) is 58.2 Å². The van der Waals surface area contributed by atoms with E-state index in [-0.39, 0.29) is 16.1 Å². The van der Waals surface area contributed by atoms with Crippen molar-refractivity contribution in [2.45, 2.75) is 4.90 Å². The first-order valence-electron chi connectivity index (χ1n) is 6.88. The molecule has 0 bridgehead atoms. The Labute approximate surface area is 143 Å². The number of hydrogen-bond donors (Lipinski definition) is 2. The molecule has 2 N–H and O–H groups in total. The van der Waals surface area contributed by atoms with Gasteiger partial charge in [0.2, 0.25) is 5.56 Å². The minimum Gasteiger partial charge on any atom is -0.495 e. The third-order valence-corrected chi connectivity index (χ3v) is 5.01. The lowest BCUT2D eigenvalue weighted by atomic mass is 10.2. The Morgan fingerprint density at radius 3 is 2.62 bits per heavy atom. The third kappa shape index (κ3) is 3.22. The lowest BCUT2D eigenvalue weighted by Crippen LogP contribution is -2.14. The van der Waals surface area contributed by atoms with Crippen molar-refractivity contribution in [1.82, 2.24) is 4.98 Å². The van der Waals surface area contributed by atoms with Gasteiger partial charge in [0, 0.05) is 16.6 Å². The summed E-state index contributed by atoms with van der Waals surface area (Å²) in [4.78, 5) is 14.0. The number of methoxy groups -OCH3 is 1. The third-order valence-electron chi connectivity index (χ3n) is 3.41. The summed E-state index contributed by atoms with van der Waals surface area (Å²) in [6.07, 6.45) is 0. The van der Waals surface area contributed by atoms with Gasteiger partial charge in [-0.05, 0) is 47.9 Å². The number of anilines is 1. The van der Waals surface area contributed by atoms with Gasteiger partial charge >= 0.3 is 0 Å². The number of rotatable bonds is 4. The van der Waals surface area contributed by atoms with Crippen LogP contribution in [0.25, 0.3) is 10.9 Å². The molecule has 2 aromatic carbocycles. The number of hydrogen-bond acceptors (Lipinski definition) is 4. The van der Waals surface area contributed by atoms with Crippen molar-refractivity contribution in [2.75, 3.05) is 11.8 Å². The van der Waals surface area contributed by atoms with Gasteiger partial charge in [-0.3, -0.25) is 9.52 Å². The number of fused-ring (bicyclic) bond motifs is 1. The highest BCUT2D eigenvalue weighted by Crippen LogP contribution is 2.30. The fourth-order valence-corrected chi connectivity index (χ4v) is 3.53. The number of aromatic nitrogens is 1. The maximum absolute atomic E-state index is 12.6. The molecule has 0 saturated heterocycles. The lowest BCUT2D eigenvalue weighted by Gasteiger charge is -2.12. The molecule has 1 aromatic heterocycles. The van der Waals surface area contributed by atoms with Crippen molar-refractivity contribution >= 4 is 38.2 Å². The predicted molar refractivity (Wildman–Crippen MR) is 93.4 cm³/mol. The summed E-state index contributed by atoms with van der Waals surface area (Å²) >= 11 is 5.92. The Balaban J connectivity index is 2.03. The maximum Gasteiger partial charge on any atom is 0.262 e. The van der Waals surface area contributed by atoms with E-state index < -0.39 is 10.0 Å². The highest BCUT2D eigenvalue weighted by Gasteiger charge is 2.17. The normalized spacial score (nSPS) is 11.4. The molecule has 0 aliphatic heterocycles. The van der Waals surface area contributed by atoms with Crippen molar-refractivity contribution in [3.8, 4) is 5.75 Å². The Hall–Kier alpha value is -2.51. The lowest BCUT2D eigenvalue weighted by molar-refractivity contribution is 0.417. The molecule has 8 heteroatoms. The van der Waals surface area contributed by atoms with Gasteiger partial charge in [0.05, 0.1) is 17.7 Å². The number of halogens is 1. The minimum atomic E-state index is -3.84. The molecule has 0 aliphatic carbocycles. The molecule has 0 aliphatic rings. The van der Waals surface area contributed by atoms with E-state index in [0.717, 1.165) is 0 Å². The van der Waals surface area contributed by atoms with Crippen LogP contribution >= 0.6 is 11.6 Å². The van der Waals surface area contributed by atoms with Gasteiger partial charge in [0.15, 0.2) is 0 Å². The van der Waals surface area contributed by atoms with Gasteiger partial charge in [-0.15, -0.1) is 0 Å². The molecule has 0 fully saturated rings. The molecule has 0 radical (unpaired) electrons. The largest absolute Gasteiger partial charge is 0.495 e. The van der Waals surface area contributed by atoms with Gasteiger partial charge in [0.25, 0.3) is 10.0 Å². The molecule has 0 unspecified atom stereocenters. The van der Waals surface area contributed by atoms with Crippen LogP contribution < -0.4 is 15.0 Å². The Kier molecular flexibility index (Phi) is 4.21. The van der Waals surface area contributed by atoms with Crippen molar-refractivity contribution in [3.05, 3.63) is 63.9 Å². The summed E-state index contributed by atoms with van der Waals surface area (Å²) in [6.45, 7) is 0. The molecule has 0 atom stereocenters. The zero-order chi connectivity index (χ0) is 17.3. The molecular formula is C16H13ClN2O4S. The van der Waals surface area contributed by atoms with E-state index in [1.54, 1.807) is 24.3 Å². The Bertz CT molecular complexity index is 1080. The van der Waals surface area contributed by atoms with Crippen molar-refractivity contribution in [1.29, 1.82) is 0 Å². The van der Waals surface area contributed by atoms with E-state index in [1.807, 2.05) is 0 Å². The minimum absolute atomic E-state index is 0.0593. The van der Waals surface area contributed by atoms with Crippen LogP contribution in [0.2, 0.25) is 5.02 Å². The second-order valence-electron chi connectivity index (χ2n) is 5.02. The second kappa shape index (κ2) is 6.18. The van der Waals surface area contributed by atoms with Crippen LogP contribution in [0.3, 0.4) is 0 Å². The molecule has 3 rings (SSSR count). The van der Waals surface area contributed by atoms with E-state index in [2.05, 4.69) is 9.71 Å². The average Bonchev–Trinajstić information content (AvgIpc) is 2.54. The fourth-order valence-electron chi connectivity index (χ4n) is 2.26. The summed E-state index contributed by atoms with van der Waals surface area (Å²) in [7, 11) is -2.41. The summed E-state index contributed by atoms with van der Waals surface area (Å²) in [5.41, 5.74) is 0.549. The Morgan fingerprint density at radius 2 is 1.88 bits per heavy atom. The second-order valence-corrected chi connectivity index (χ2v) is 7.14. The van der Waals surface area contributed by atoms with Crippen LogP contribution in [-0.2, 0) is 10.0 Å². The predicted octanol–water partition coefficient (Wildman–Crippen LogP) is 2.99. The SMILES string of the molecule is COc1ccc(Cl)cc1NS(=O)(=O)c1ccc2[nH]c(=O)ccc2c1. The van der Waals surface area contributed by atoms with Crippen molar-refractivity contribution in [2.24, 2.45) is 0 Å². The molecule has 0 saturated carbocycles. The molecule has 0 spiro atoms. The highest BCUT2D eigenvalue weighted by molar-refractivity contribution is 7.92. The number of sulfonamides is 1. The standard InChI is InChI=1S/C16H13ClN2O4S/c1-23-15-6-3-11(17)9-14(15)19-24(21,22)12-4-5-13-10(8-12)2-7-16(20)18-13/h2-9,19H,1H3,(H,18,20). The molecule has 24 heavy (non-hydrogen) atoms. The molecule has 6 nitrogen and oxygen atoms in total. The van der Waals surface area contributed by atoms with Gasteiger partial charge in [0.1, 0.15) is 5.75 Å². The first-order chi connectivity index (χ1) is 11.4. The number of aromatic amines is 1. The molecular weight excluding hydrogens is 352 g/mol. The molecule has 3 aromatic rings. The highest BCUT2D eigenvalue weighted by atomic mass is 35.5. The molecule has 0 amide bonds. The monoisotopic (exact) mass is 364 g/mol. The number of benzene rings is 2. The van der Waals surface area contributed by atoms with Crippen LogP contribution in [-0.4, -0.2) is 20.5 Å². The average molecular weight is 365 g/mol. The zero-order valence-electron chi connectivity index (χ0n) is 12.5. The fraction of sp³-hybridized carbons (Fsp3) is 0.0625. The van der Waals surface area contributed by atoms with Crippen LogP contribution in [0.5, 0.6) is 5.75 Å². The number of H-pyrrole nitrogens is 1. The van der Waals surface area contributed by atoms with E-state index in [9.17, 15) is 13.2 Å². The first kappa shape index (κ1) is 16.4. The maximum atomic E-state index is 12.6. The summed E-state index contributed by atoms with van der Waals surface area (Å²) in [5, 5.41) is 0.986. The summed E-state index contributed by atoms with van der Waals surface area (Å²) in [5.74, 6) is 0.355. The quantitative estimate of drug-likeness (QED) is 0.744. The number of pyridine rings is 1. The van der Waals surface area contributed by atoms with E-state index in [0.29, 0.717) is 21.7 Å². The summed E-state index contributed by atoms with van der Waals surface area (Å²) in [6, 6.07) is 12.0. The van der Waals surface area contributed by atoms with Gasteiger partial charge in [-0.2, -0.15) is 0 Å². The van der Waals surface area contributed by atoms with Gasteiger partial charge in [-0.1, -0.05) is 11.6 Å². The van der Waals surface area contributed by atoms with Crippen LogP contribution in [0.1, 0.15) is 0 Å². The van der Waals surface area contributed by atoms with Crippen molar-refractivity contribution in [3.63, 3.8) is 0 Å². The first-order valence-corrected chi connectivity index (χ1v) is 8.74. The molecule has 124 valence electrons. The van der Waals surface area contributed by atoms with Gasteiger partial charge < -0.3 is 9.72 Å². The van der Waals surface area contributed by atoms with Crippen molar-refractivity contribution < 1.29 is 13.2 Å². The number of ether oxygens (including phenoxy) is 1. The van der Waals surface area contributed by atoms with E-state index >= 15 is 0 Å². The molecule has 1 heterocycles. The van der Waals surface area contributed by atoms with Crippen LogP contribution in [0, 0.1) is 0 Å². The summed E-state index contributed by atoms with van der Waals surface area (Å²) < 4.78 is 32.8. The van der Waals surface area contributed by atoms with Gasteiger partial charge in [-0.25, -0.2) is 8.42 Å². The smallest absolute Gasteiger partial charge is 0.262 e. The van der Waals surface area contributed by atoms with Crippen LogP contribution in [0.4, 0.5) is 5.69 Å².